The van der Waals surface area contributed by atoms with E-state index in [1.54, 1.807) is 13.8 Å². The molecule has 48 heavy (non-hydrogen) atoms. The van der Waals surface area contributed by atoms with Gasteiger partial charge in [-0.25, -0.2) is 0 Å². The van der Waals surface area contributed by atoms with E-state index in [1.165, 1.54) is 0 Å². The van der Waals surface area contributed by atoms with E-state index in [0.29, 0.717) is 44.9 Å². The number of allylic oxidation sites excluding steroid dienone is 1. The van der Waals surface area contributed by atoms with Crippen LogP contribution in [-0.4, -0.2) is 108 Å². The summed E-state index contributed by atoms with van der Waals surface area (Å²) in [7, 11) is 0. The van der Waals surface area contributed by atoms with Crippen molar-refractivity contribution in [2.45, 2.75) is 141 Å². The van der Waals surface area contributed by atoms with Gasteiger partial charge in [-0.1, -0.05) is 39.3 Å². The summed E-state index contributed by atoms with van der Waals surface area (Å²) < 4.78 is 11.4. The highest BCUT2D eigenvalue weighted by molar-refractivity contribution is 5.79. The molecule has 5 fully saturated rings. The third-order valence-corrected chi connectivity index (χ3v) is 15.6. The summed E-state index contributed by atoms with van der Waals surface area (Å²) in [5.41, 5.74) is -4.57. The number of hydrogen-bond acceptors (Lipinski definition) is 11. The number of carbonyl (C=O) groups excluding carboxylic acids is 1. The molecule has 1 heterocycles. The van der Waals surface area contributed by atoms with E-state index in [9.17, 15) is 50.4 Å². The van der Waals surface area contributed by atoms with Gasteiger partial charge in [0.15, 0.2) is 0 Å². The third kappa shape index (κ3) is 4.49. The average molecular weight is 681 g/mol. The molecular formula is C36H56O12. The minimum absolute atomic E-state index is 0.0437. The van der Waals surface area contributed by atoms with E-state index < -0.39 is 100 Å². The van der Waals surface area contributed by atoms with Crippen molar-refractivity contribution >= 4 is 11.9 Å². The zero-order chi connectivity index (χ0) is 35.6. The summed E-state index contributed by atoms with van der Waals surface area (Å²) in [4.78, 5) is 27.2. The third-order valence-electron chi connectivity index (χ3n) is 15.6. The molecule has 0 spiro atoms. The van der Waals surface area contributed by atoms with Crippen LogP contribution in [-0.2, 0) is 19.1 Å². The highest BCUT2D eigenvalue weighted by atomic mass is 16.7. The van der Waals surface area contributed by atoms with Gasteiger partial charge in [-0.15, -0.1) is 0 Å². The van der Waals surface area contributed by atoms with Gasteiger partial charge in [0, 0.05) is 5.92 Å². The fourth-order valence-electron chi connectivity index (χ4n) is 12.3. The van der Waals surface area contributed by atoms with Crippen LogP contribution in [0.2, 0.25) is 0 Å². The Hall–Kier alpha value is -1.64. The zero-order valence-corrected chi connectivity index (χ0v) is 29.0. The first-order valence-electron chi connectivity index (χ1n) is 17.7. The summed E-state index contributed by atoms with van der Waals surface area (Å²) in [6, 6.07) is 0. The Morgan fingerprint density at radius 1 is 0.917 bits per heavy atom. The van der Waals surface area contributed by atoms with Crippen LogP contribution in [0.3, 0.4) is 0 Å². The van der Waals surface area contributed by atoms with Gasteiger partial charge in [-0.3, -0.25) is 9.59 Å². The first-order valence-corrected chi connectivity index (χ1v) is 17.7. The Labute approximate surface area is 282 Å². The van der Waals surface area contributed by atoms with Gasteiger partial charge in [0.25, 0.3) is 0 Å². The van der Waals surface area contributed by atoms with Crippen LogP contribution < -0.4 is 0 Å². The van der Waals surface area contributed by atoms with Crippen molar-refractivity contribution in [3.63, 3.8) is 0 Å². The average Bonchev–Trinajstić information content (AvgIpc) is 3.02. The van der Waals surface area contributed by atoms with E-state index >= 15 is 0 Å². The molecule has 0 radical (unpaired) electrons. The number of fused-ring (bicyclic) bond motifs is 7. The minimum Gasteiger partial charge on any atom is -0.481 e. The number of carbonyl (C=O) groups is 2. The fraction of sp³-hybridized carbons (Fsp3) is 0.889. The molecule has 8 N–H and O–H groups in total. The van der Waals surface area contributed by atoms with Gasteiger partial charge in [-0.05, 0) is 99.2 Å². The number of ether oxygens (including phenoxy) is 2. The van der Waals surface area contributed by atoms with Crippen LogP contribution in [0.4, 0.5) is 0 Å². The molecule has 0 bridgehead atoms. The largest absolute Gasteiger partial charge is 0.481 e. The van der Waals surface area contributed by atoms with Crippen molar-refractivity contribution in [1.29, 1.82) is 0 Å². The molecule has 6 rings (SSSR count). The quantitative estimate of drug-likeness (QED) is 0.157. The first kappa shape index (κ1) is 36.2. The molecular weight excluding hydrogens is 624 g/mol. The molecule has 12 nitrogen and oxygen atoms in total. The second-order valence-electron chi connectivity index (χ2n) is 17.5. The van der Waals surface area contributed by atoms with Crippen molar-refractivity contribution in [3.8, 4) is 0 Å². The van der Waals surface area contributed by atoms with Crippen LogP contribution in [0.25, 0.3) is 0 Å². The van der Waals surface area contributed by atoms with Crippen molar-refractivity contribution in [2.24, 2.45) is 50.7 Å². The van der Waals surface area contributed by atoms with Crippen LogP contribution in [0.1, 0.15) is 92.9 Å². The molecule has 0 unspecified atom stereocenters. The van der Waals surface area contributed by atoms with Gasteiger partial charge in [-0.2, -0.15) is 0 Å². The van der Waals surface area contributed by atoms with E-state index in [1.807, 2.05) is 6.92 Å². The predicted molar refractivity (Wildman–Crippen MR) is 170 cm³/mol. The second-order valence-corrected chi connectivity index (χ2v) is 17.5. The number of aliphatic carboxylic acids is 1. The number of hydrogen-bond donors (Lipinski definition) is 8. The van der Waals surface area contributed by atoms with Crippen LogP contribution >= 0.6 is 0 Å². The van der Waals surface area contributed by atoms with Crippen molar-refractivity contribution in [1.82, 2.24) is 0 Å². The Balaban J connectivity index is 1.41. The molecule has 5 aliphatic carbocycles. The number of esters is 1. The maximum Gasteiger partial charge on any atom is 0.315 e. The lowest BCUT2D eigenvalue weighted by Crippen LogP contribution is -2.70. The molecule has 1 aliphatic heterocycles. The number of aliphatic hydroxyl groups excluding tert-OH is 6. The SMILES string of the molecule is C[C@@H]1CC[C@]2(C(=O)O[C@@H]3O[C@H](CO)[C@@H](O)[C@H](O)[C@H]3O)CC[C@]3(C)C(=CC[C@@H]4[C@@]5(C)C[C@@H](O)[C@H](O)[C@](C)(C(=O)O)[C@H]5CC[C@]43C)[C@@H]2[C@]1(C)O. The van der Waals surface area contributed by atoms with Crippen LogP contribution in [0.15, 0.2) is 11.6 Å². The maximum atomic E-state index is 14.5. The summed E-state index contributed by atoms with van der Waals surface area (Å²) in [5, 5.41) is 85.9. The topological polar surface area (TPSA) is 214 Å². The predicted octanol–water partition coefficient (Wildman–Crippen LogP) is 1.50. The molecule has 0 amide bonds. The summed E-state index contributed by atoms with van der Waals surface area (Å²) in [5.74, 6) is -3.01. The molecule has 6 aliphatic rings. The number of carboxylic acid groups (broad SMARTS) is 1. The number of aliphatic hydroxyl groups is 7. The minimum atomic E-state index is -1.75. The summed E-state index contributed by atoms with van der Waals surface area (Å²) >= 11 is 0. The standard InChI is InChI=1S/C36H56O12/c1-17-9-12-36(30(45)48-28-25(41)24(40)23(39)20(16-37)47-28)14-13-32(3)18(26(36)35(17,6)46)7-8-21-31(2)15-19(38)27(42)34(5,29(43)44)22(31)10-11-33(21,32)4/h7,17,19-28,37-42,46H,8-16H2,1-6H3,(H,43,44)/t17-,19-,20-,21-,22+,23-,24+,25-,26-,27+,28+,31-,32-,33-,34-,35-,36+/m1/s1. The smallest absolute Gasteiger partial charge is 0.315 e. The van der Waals surface area contributed by atoms with Gasteiger partial charge in [0.2, 0.25) is 6.29 Å². The van der Waals surface area contributed by atoms with Crippen molar-refractivity contribution in [3.05, 3.63) is 11.6 Å². The van der Waals surface area contributed by atoms with Gasteiger partial charge < -0.3 is 50.3 Å². The maximum absolute atomic E-state index is 14.5. The molecule has 0 aromatic carbocycles. The normalized spacial score (nSPS) is 56.4. The van der Waals surface area contributed by atoms with Crippen LogP contribution in [0.5, 0.6) is 0 Å². The van der Waals surface area contributed by atoms with Gasteiger partial charge >= 0.3 is 11.9 Å². The molecule has 0 aromatic rings. The summed E-state index contributed by atoms with van der Waals surface area (Å²) in [6.07, 6.45) is -4.43. The van der Waals surface area contributed by atoms with E-state index in [4.69, 9.17) is 9.47 Å². The molecule has 17 atom stereocenters. The van der Waals surface area contributed by atoms with Gasteiger partial charge in [0.05, 0.1) is 35.2 Å². The van der Waals surface area contributed by atoms with Crippen LogP contribution in [0, 0.1) is 50.7 Å². The highest BCUT2D eigenvalue weighted by Crippen LogP contribution is 2.76. The van der Waals surface area contributed by atoms with E-state index in [-0.39, 0.29) is 24.2 Å². The summed E-state index contributed by atoms with van der Waals surface area (Å²) in [6.45, 7) is 11.2. The fourth-order valence-corrected chi connectivity index (χ4v) is 12.3. The molecule has 0 aromatic heterocycles. The molecule has 1 saturated heterocycles. The van der Waals surface area contributed by atoms with Crippen molar-refractivity contribution < 1.29 is 59.9 Å². The molecule has 4 saturated carbocycles. The molecule has 12 heteroatoms. The Morgan fingerprint density at radius 3 is 2.21 bits per heavy atom. The van der Waals surface area contributed by atoms with Gasteiger partial charge in [0.1, 0.15) is 24.4 Å². The monoisotopic (exact) mass is 680 g/mol. The lowest BCUT2D eigenvalue weighted by Gasteiger charge is -2.71. The second kappa shape index (κ2) is 11.4. The zero-order valence-electron chi connectivity index (χ0n) is 29.0. The Bertz CT molecular complexity index is 1350. The number of carboxylic acids is 1. The van der Waals surface area contributed by atoms with E-state index in [2.05, 4.69) is 26.8 Å². The highest BCUT2D eigenvalue weighted by Gasteiger charge is 2.73. The first-order chi connectivity index (χ1) is 22.2. The molecule has 272 valence electrons. The lowest BCUT2D eigenvalue weighted by molar-refractivity contribution is -0.299. The number of rotatable bonds is 4. The Morgan fingerprint density at radius 2 is 1.58 bits per heavy atom. The van der Waals surface area contributed by atoms with Crippen molar-refractivity contribution in [2.75, 3.05) is 6.61 Å². The Kier molecular flexibility index (Phi) is 8.61. The lowest BCUT2D eigenvalue weighted by atomic mass is 9.33. The van der Waals surface area contributed by atoms with E-state index in [0.717, 1.165) is 5.57 Å².